The van der Waals surface area contributed by atoms with E-state index in [1.54, 1.807) is 0 Å². The summed E-state index contributed by atoms with van der Waals surface area (Å²) in [5.41, 5.74) is 5.39. The van der Waals surface area contributed by atoms with Gasteiger partial charge in [0.25, 0.3) is 11.6 Å². The van der Waals surface area contributed by atoms with Gasteiger partial charge in [-0.2, -0.15) is 0 Å². The lowest BCUT2D eigenvalue weighted by atomic mass is 9.57. The number of carbonyl (C=O) groups is 3. The third-order valence-electron chi connectivity index (χ3n) is 6.92. The number of aliphatic hydroxyl groups excluding tert-OH is 2. The Morgan fingerprint density at radius 3 is 2.41 bits per heavy atom. The van der Waals surface area contributed by atoms with Gasteiger partial charge >= 0.3 is 0 Å². The number of likely N-dealkylation sites (N-methyl/N-ethyl adjacent to an activating group) is 1. The molecule has 0 spiro atoms. The molecule has 4 rings (SSSR count). The van der Waals surface area contributed by atoms with Crippen molar-refractivity contribution in [3.63, 3.8) is 0 Å². The third-order valence-corrected chi connectivity index (χ3v) is 6.92. The molecular weight excluding hydrogens is 452 g/mol. The fourth-order valence-electron chi connectivity index (χ4n) is 5.47. The fourth-order valence-corrected chi connectivity index (χ4v) is 5.47. The Morgan fingerprint density at radius 2 is 1.88 bits per heavy atom. The first-order valence-corrected chi connectivity index (χ1v) is 10.2. The van der Waals surface area contributed by atoms with Crippen LogP contribution in [0.3, 0.4) is 0 Å². The molecule has 0 bridgehead atoms. The van der Waals surface area contributed by atoms with Gasteiger partial charge in [-0.1, -0.05) is 0 Å². The van der Waals surface area contributed by atoms with Crippen LogP contribution in [0.2, 0.25) is 0 Å². The van der Waals surface area contributed by atoms with E-state index >= 15 is 0 Å². The smallest absolute Gasteiger partial charge is 0.275 e. The number of Topliss-reactive ketones (excluding diaryl/α,β-unsaturated/α-hetero) is 2. The maximum atomic E-state index is 13.6. The first-order chi connectivity index (χ1) is 15.7. The maximum absolute atomic E-state index is 13.6. The molecule has 1 saturated carbocycles. The average Bonchev–Trinajstić information content (AvgIpc) is 2.72. The van der Waals surface area contributed by atoms with E-state index in [0.717, 1.165) is 6.07 Å². The van der Waals surface area contributed by atoms with Gasteiger partial charge in [0, 0.05) is 23.1 Å². The van der Waals surface area contributed by atoms with Crippen molar-refractivity contribution in [2.75, 3.05) is 19.8 Å². The molecule has 1 fully saturated rings. The summed E-state index contributed by atoms with van der Waals surface area (Å²) in [6, 6.07) is -0.305. The predicted molar refractivity (Wildman–Crippen MR) is 115 cm³/mol. The van der Waals surface area contributed by atoms with Gasteiger partial charge in [-0.05, 0) is 32.9 Å². The van der Waals surface area contributed by atoms with E-state index in [1.807, 2.05) is 0 Å². The van der Waals surface area contributed by atoms with E-state index in [2.05, 4.69) is 0 Å². The van der Waals surface area contributed by atoms with Crippen LogP contribution in [0.4, 0.5) is 11.4 Å². The number of aliphatic hydroxyl groups is 3. The second-order valence-electron chi connectivity index (χ2n) is 8.91. The summed E-state index contributed by atoms with van der Waals surface area (Å²) in [5, 5.41) is 55.2. The molecule has 180 valence electrons. The minimum atomic E-state index is -2.79. The number of nitro benzene ring substituents is 1. The predicted octanol–water partition coefficient (Wildman–Crippen LogP) is -0.546. The number of nitrogen functional groups attached to an aromatic ring is 1. The van der Waals surface area contributed by atoms with E-state index in [4.69, 9.17) is 11.5 Å². The minimum absolute atomic E-state index is 0.0673. The number of rotatable bonds is 3. The van der Waals surface area contributed by atoms with Crippen LogP contribution in [0.5, 0.6) is 5.75 Å². The first kappa shape index (κ1) is 23.2. The van der Waals surface area contributed by atoms with Crippen molar-refractivity contribution in [2.24, 2.45) is 17.6 Å². The lowest BCUT2D eigenvalue weighted by Gasteiger charge is -2.50. The number of aromatic hydroxyl groups is 1. The molecule has 1 aromatic rings. The van der Waals surface area contributed by atoms with Crippen molar-refractivity contribution < 1.29 is 39.7 Å². The molecular formula is C21H22N4O9. The number of hydrogen-bond acceptors (Lipinski definition) is 11. The largest absolute Gasteiger partial charge is 0.508 e. The quantitative estimate of drug-likeness (QED) is 0.107. The number of nitrogens with two attached hydrogens (primary N) is 2. The highest BCUT2D eigenvalue weighted by Gasteiger charge is 2.64. The van der Waals surface area contributed by atoms with Crippen molar-refractivity contribution >= 4 is 34.6 Å². The number of amides is 1. The number of phenolic OH excluding ortho intramolecular Hbond substituents is 1. The summed E-state index contributed by atoms with van der Waals surface area (Å²) in [5.74, 6) is -8.37. The van der Waals surface area contributed by atoms with Crippen LogP contribution in [-0.4, -0.2) is 73.5 Å². The molecule has 4 atom stereocenters. The van der Waals surface area contributed by atoms with Crippen molar-refractivity contribution in [1.82, 2.24) is 4.90 Å². The van der Waals surface area contributed by atoms with Gasteiger partial charge in [0.1, 0.15) is 22.8 Å². The van der Waals surface area contributed by atoms with E-state index in [9.17, 15) is 44.9 Å². The van der Waals surface area contributed by atoms with Gasteiger partial charge in [0.15, 0.2) is 11.4 Å². The van der Waals surface area contributed by atoms with Crippen molar-refractivity contribution in [3.05, 3.63) is 44.2 Å². The number of benzene rings is 1. The molecule has 1 amide bonds. The lowest BCUT2D eigenvalue weighted by molar-refractivity contribution is -0.385. The second kappa shape index (κ2) is 7.27. The molecule has 0 heterocycles. The van der Waals surface area contributed by atoms with Crippen LogP contribution in [0.1, 0.15) is 17.5 Å². The highest BCUT2D eigenvalue weighted by atomic mass is 16.6. The highest BCUT2D eigenvalue weighted by molar-refractivity contribution is 6.24. The number of carbonyl (C=O) groups excluding carboxylic acids is 3. The molecule has 0 saturated heterocycles. The number of fused-ring (bicyclic) bond motifs is 3. The molecule has 34 heavy (non-hydrogen) atoms. The number of anilines is 1. The lowest BCUT2D eigenvalue weighted by Crippen LogP contribution is -2.65. The van der Waals surface area contributed by atoms with Crippen LogP contribution in [0.25, 0.3) is 5.76 Å². The molecule has 1 aromatic carbocycles. The average molecular weight is 474 g/mol. The summed E-state index contributed by atoms with van der Waals surface area (Å²) >= 11 is 0. The fraction of sp³-hybridized carbons (Fsp3) is 0.381. The van der Waals surface area contributed by atoms with Gasteiger partial charge < -0.3 is 31.9 Å². The molecule has 13 nitrogen and oxygen atoms in total. The Kier molecular flexibility index (Phi) is 4.96. The zero-order valence-corrected chi connectivity index (χ0v) is 18.1. The molecule has 0 aromatic heterocycles. The second-order valence-corrected chi connectivity index (χ2v) is 8.91. The Bertz CT molecular complexity index is 1270. The van der Waals surface area contributed by atoms with E-state index in [0.29, 0.717) is 0 Å². The van der Waals surface area contributed by atoms with E-state index in [-0.39, 0.29) is 18.4 Å². The van der Waals surface area contributed by atoms with E-state index in [1.165, 1.54) is 19.0 Å². The third kappa shape index (κ3) is 2.77. The summed E-state index contributed by atoms with van der Waals surface area (Å²) in [7, 11) is 2.94. The zero-order valence-electron chi connectivity index (χ0n) is 18.1. The summed E-state index contributed by atoms with van der Waals surface area (Å²) in [6.07, 6.45) is -0.368. The zero-order chi connectivity index (χ0) is 25.4. The molecule has 0 aliphatic heterocycles. The first-order valence-electron chi connectivity index (χ1n) is 10.2. The molecule has 0 radical (unpaired) electrons. The topological polar surface area (TPSA) is 231 Å². The number of primary amides is 1. The Hall–Kier alpha value is -3.97. The number of nitro groups is 1. The van der Waals surface area contributed by atoms with Gasteiger partial charge in [0.2, 0.25) is 5.78 Å². The number of ketones is 2. The maximum Gasteiger partial charge on any atom is 0.275 e. The number of hydrogen-bond donors (Lipinski definition) is 6. The normalized spacial score (nSPS) is 28.5. The van der Waals surface area contributed by atoms with Crippen LogP contribution in [-0.2, 0) is 20.8 Å². The van der Waals surface area contributed by atoms with Gasteiger partial charge in [-0.15, -0.1) is 0 Å². The monoisotopic (exact) mass is 474 g/mol. The van der Waals surface area contributed by atoms with Crippen molar-refractivity contribution in [3.8, 4) is 5.75 Å². The van der Waals surface area contributed by atoms with Crippen LogP contribution in [0, 0.1) is 22.0 Å². The van der Waals surface area contributed by atoms with Crippen LogP contribution >= 0.6 is 0 Å². The van der Waals surface area contributed by atoms with Crippen molar-refractivity contribution in [2.45, 2.75) is 24.5 Å². The summed E-state index contributed by atoms with van der Waals surface area (Å²) in [4.78, 5) is 50.8. The highest BCUT2D eigenvalue weighted by Crippen LogP contribution is 2.54. The Morgan fingerprint density at radius 1 is 1.26 bits per heavy atom. The standard InChI is InChI=1S/C21H22N4O9/c1-24(2)14-8-4-6-3-7-10(25(33)34)5-9(22)15(26)12(7)16(27)11(6)18(29)21(8,32)19(30)13(17(14)28)20(23)31/h5-6,8,14,26-27,30,32H,3-4,22H2,1-2H3,(H2,23,31)/t6-,8-,14-,21-/m0/s1. The number of phenols is 1. The minimum Gasteiger partial charge on any atom is -0.508 e. The molecule has 8 N–H and O–H groups in total. The Balaban J connectivity index is 2.02. The SMILES string of the molecule is CN(C)[C@@H]1C(=O)C(C(N)=O)=C(O)[C@@]2(O)C(=O)C3=C(O)c4c(O)c(N)cc([N+](=O)[O-])c4C[C@H]3C[C@@H]12. The van der Waals surface area contributed by atoms with E-state index < -0.39 is 91.2 Å². The van der Waals surface area contributed by atoms with Crippen LogP contribution in [0.15, 0.2) is 23.0 Å². The van der Waals surface area contributed by atoms with Gasteiger partial charge in [-0.3, -0.25) is 29.4 Å². The summed E-state index contributed by atoms with van der Waals surface area (Å²) < 4.78 is 0. The molecule has 3 aliphatic rings. The van der Waals surface area contributed by atoms with Crippen molar-refractivity contribution in [1.29, 1.82) is 0 Å². The summed E-state index contributed by atoms with van der Waals surface area (Å²) in [6.45, 7) is 0. The Labute approximate surface area is 191 Å². The number of nitrogens with zero attached hydrogens (tertiary/aromatic N) is 2. The molecule has 0 unspecified atom stereocenters. The van der Waals surface area contributed by atoms with Gasteiger partial charge in [0.05, 0.1) is 22.2 Å². The molecule has 13 heteroatoms. The van der Waals surface area contributed by atoms with Gasteiger partial charge in [-0.25, -0.2) is 0 Å². The van der Waals surface area contributed by atoms with Crippen LogP contribution < -0.4 is 11.5 Å². The molecule has 3 aliphatic carbocycles.